The molecule has 0 saturated heterocycles. The quantitative estimate of drug-likeness (QED) is 0.608. The third-order valence-electron chi connectivity index (χ3n) is 4.53. The van der Waals surface area contributed by atoms with E-state index >= 15 is 0 Å². The van der Waals surface area contributed by atoms with Gasteiger partial charge in [0.1, 0.15) is 0 Å². The van der Waals surface area contributed by atoms with Crippen LogP contribution in [0.5, 0.6) is 0 Å². The lowest BCUT2D eigenvalue weighted by atomic mass is 9.82. The molecule has 0 aliphatic carbocycles. The summed E-state index contributed by atoms with van der Waals surface area (Å²) in [6, 6.07) is 18.0. The van der Waals surface area contributed by atoms with Gasteiger partial charge in [0.15, 0.2) is 0 Å². The Morgan fingerprint density at radius 3 is 2.04 bits per heavy atom. The third kappa shape index (κ3) is 4.96. The van der Waals surface area contributed by atoms with Gasteiger partial charge in [0.05, 0.1) is 0 Å². The van der Waals surface area contributed by atoms with E-state index < -0.39 is 0 Å². The molecule has 0 bridgehead atoms. The first kappa shape index (κ1) is 17.8. The van der Waals surface area contributed by atoms with Crippen molar-refractivity contribution in [2.45, 2.75) is 71.6 Å². The molecule has 0 aliphatic rings. The molecule has 0 aliphatic heterocycles. The zero-order valence-corrected chi connectivity index (χ0v) is 15.7. The second-order valence-corrected chi connectivity index (χ2v) is 8.71. The van der Waals surface area contributed by atoms with Gasteiger partial charge in [-0.25, -0.2) is 0 Å². The smallest absolute Gasteiger partial charge is 0.0129 e. The zero-order valence-electron chi connectivity index (χ0n) is 15.7. The summed E-state index contributed by atoms with van der Waals surface area (Å²) in [7, 11) is 0. The van der Waals surface area contributed by atoms with E-state index in [-0.39, 0.29) is 10.8 Å². The average Bonchev–Trinajstić information content (AvgIpc) is 2.46. The molecule has 2 aromatic carbocycles. The molecule has 2 rings (SSSR count). The first-order chi connectivity index (χ1) is 10.7. The molecule has 0 atom stereocenters. The molecule has 2 aromatic rings. The van der Waals surface area contributed by atoms with Crippen molar-refractivity contribution in [1.82, 2.24) is 0 Å². The fraction of sp³-hybridized carbons (Fsp3) is 0.478. The van der Waals surface area contributed by atoms with E-state index in [2.05, 4.69) is 90.1 Å². The van der Waals surface area contributed by atoms with Gasteiger partial charge in [0, 0.05) is 0 Å². The molecular formula is C23H32. The van der Waals surface area contributed by atoms with Crippen LogP contribution in [-0.2, 0) is 23.7 Å². The van der Waals surface area contributed by atoms with Crippen LogP contribution in [0.3, 0.4) is 0 Å². The summed E-state index contributed by atoms with van der Waals surface area (Å²) in [5.74, 6) is 0. The molecule has 0 amide bonds. The monoisotopic (exact) mass is 308 g/mol. The van der Waals surface area contributed by atoms with E-state index in [4.69, 9.17) is 0 Å². The van der Waals surface area contributed by atoms with E-state index in [0.717, 1.165) is 12.8 Å². The van der Waals surface area contributed by atoms with Crippen molar-refractivity contribution in [3.63, 3.8) is 0 Å². The Hall–Kier alpha value is -1.56. The lowest BCUT2D eigenvalue weighted by Gasteiger charge is -2.23. The lowest BCUT2D eigenvalue weighted by molar-refractivity contribution is 0.579. The Labute approximate surface area is 143 Å². The van der Waals surface area contributed by atoms with Crippen LogP contribution >= 0.6 is 0 Å². The Balaban J connectivity index is 2.04. The largest absolute Gasteiger partial charge is 0.0620 e. The van der Waals surface area contributed by atoms with Gasteiger partial charge in [-0.2, -0.15) is 0 Å². The Kier molecular flexibility index (Phi) is 5.34. The highest BCUT2D eigenvalue weighted by Crippen LogP contribution is 2.27. The van der Waals surface area contributed by atoms with Gasteiger partial charge in [0.2, 0.25) is 0 Å². The number of benzene rings is 2. The van der Waals surface area contributed by atoms with Crippen molar-refractivity contribution < 1.29 is 0 Å². The third-order valence-corrected chi connectivity index (χ3v) is 4.53. The van der Waals surface area contributed by atoms with E-state index in [0.29, 0.717) is 0 Å². The molecule has 0 heteroatoms. The van der Waals surface area contributed by atoms with Crippen molar-refractivity contribution in [2.24, 2.45) is 0 Å². The van der Waals surface area contributed by atoms with E-state index in [1.54, 1.807) is 0 Å². The highest BCUT2D eigenvalue weighted by molar-refractivity contribution is 5.33. The molecule has 0 unspecified atom stereocenters. The van der Waals surface area contributed by atoms with Gasteiger partial charge in [-0.1, -0.05) is 90.1 Å². The first-order valence-electron chi connectivity index (χ1n) is 8.86. The highest BCUT2D eigenvalue weighted by atomic mass is 14.2. The Morgan fingerprint density at radius 2 is 1.39 bits per heavy atom. The molecule has 0 nitrogen and oxygen atoms in total. The van der Waals surface area contributed by atoms with Crippen molar-refractivity contribution in [3.05, 3.63) is 70.8 Å². The van der Waals surface area contributed by atoms with Crippen LogP contribution in [0.15, 0.2) is 48.5 Å². The minimum Gasteiger partial charge on any atom is -0.0620 e. The Bertz CT molecular complexity index is 636. The molecule has 0 heterocycles. The number of hydrogen-bond donors (Lipinski definition) is 0. The molecule has 0 aromatic heterocycles. The van der Waals surface area contributed by atoms with Crippen LogP contribution < -0.4 is 0 Å². The molecule has 0 radical (unpaired) electrons. The van der Waals surface area contributed by atoms with E-state index in [1.165, 1.54) is 28.7 Å². The highest BCUT2D eigenvalue weighted by Gasteiger charge is 2.17. The summed E-state index contributed by atoms with van der Waals surface area (Å²) in [5.41, 5.74) is 6.35. The van der Waals surface area contributed by atoms with Crippen LogP contribution in [0, 0.1) is 0 Å². The topological polar surface area (TPSA) is 0 Å². The summed E-state index contributed by atoms with van der Waals surface area (Å²) in [5, 5.41) is 0. The Morgan fingerprint density at radius 1 is 0.696 bits per heavy atom. The number of hydrogen-bond acceptors (Lipinski definition) is 0. The summed E-state index contributed by atoms with van der Waals surface area (Å²) in [6.45, 7) is 13.8. The van der Waals surface area contributed by atoms with Gasteiger partial charge in [-0.3, -0.25) is 0 Å². The molecule has 0 N–H and O–H groups in total. The summed E-state index contributed by atoms with van der Waals surface area (Å²) >= 11 is 0. The fourth-order valence-electron chi connectivity index (χ4n) is 3.15. The molecular weight excluding hydrogens is 276 g/mol. The van der Waals surface area contributed by atoms with Crippen molar-refractivity contribution in [3.8, 4) is 0 Å². The van der Waals surface area contributed by atoms with Gasteiger partial charge in [-0.15, -0.1) is 0 Å². The van der Waals surface area contributed by atoms with Crippen LogP contribution in [0.2, 0.25) is 0 Å². The molecule has 124 valence electrons. The predicted molar refractivity (Wildman–Crippen MR) is 102 cm³/mol. The van der Waals surface area contributed by atoms with Crippen LogP contribution in [0.25, 0.3) is 0 Å². The van der Waals surface area contributed by atoms with Crippen molar-refractivity contribution in [2.75, 3.05) is 0 Å². The summed E-state index contributed by atoms with van der Waals surface area (Å²) in [4.78, 5) is 0. The fourth-order valence-corrected chi connectivity index (χ4v) is 3.15. The van der Waals surface area contributed by atoms with Crippen LogP contribution in [0.4, 0.5) is 0 Å². The van der Waals surface area contributed by atoms with E-state index in [9.17, 15) is 0 Å². The maximum Gasteiger partial charge on any atom is -0.0129 e. The molecule has 0 spiro atoms. The number of rotatable bonds is 4. The molecule has 0 fully saturated rings. The normalized spacial score (nSPS) is 12.4. The van der Waals surface area contributed by atoms with E-state index in [1.807, 2.05) is 0 Å². The van der Waals surface area contributed by atoms with Gasteiger partial charge in [0.25, 0.3) is 0 Å². The zero-order chi connectivity index (χ0) is 17.1. The SMILES string of the molecule is CC(C)(C)c1cccc(CCCc2ccccc2C(C)(C)C)c1. The average molecular weight is 309 g/mol. The second kappa shape index (κ2) is 6.91. The van der Waals surface area contributed by atoms with Gasteiger partial charge < -0.3 is 0 Å². The standard InChI is InChI=1S/C23H32/c1-22(2,3)20-15-10-12-18(17-20)11-9-14-19-13-7-8-16-21(19)23(4,5)6/h7-8,10,12-13,15-17H,9,11,14H2,1-6H3. The maximum atomic E-state index is 2.38. The summed E-state index contributed by atoms with van der Waals surface area (Å²) in [6.07, 6.45) is 3.52. The van der Waals surface area contributed by atoms with Crippen molar-refractivity contribution >= 4 is 0 Å². The second-order valence-electron chi connectivity index (χ2n) is 8.71. The molecule has 0 saturated carbocycles. The van der Waals surface area contributed by atoms with Crippen molar-refractivity contribution in [1.29, 1.82) is 0 Å². The minimum absolute atomic E-state index is 0.225. The minimum atomic E-state index is 0.225. The maximum absolute atomic E-state index is 2.38. The first-order valence-corrected chi connectivity index (χ1v) is 8.86. The number of aryl methyl sites for hydroxylation is 2. The lowest BCUT2D eigenvalue weighted by Crippen LogP contribution is -2.14. The van der Waals surface area contributed by atoms with Crippen LogP contribution in [0.1, 0.15) is 70.2 Å². The van der Waals surface area contributed by atoms with Gasteiger partial charge >= 0.3 is 0 Å². The van der Waals surface area contributed by atoms with Crippen LogP contribution in [-0.4, -0.2) is 0 Å². The van der Waals surface area contributed by atoms with Gasteiger partial charge in [-0.05, 0) is 52.3 Å². The summed E-state index contributed by atoms with van der Waals surface area (Å²) < 4.78 is 0. The molecule has 23 heavy (non-hydrogen) atoms. The predicted octanol–water partition coefficient (Wildman–Crippen LogP) is 6.46.